The lowest BCUT2D eigenvalue weighted by atomic mass is 9.92. The van der Waals surface area contributed by atoms with Gasteiger partial charge in [0.05, 0.1) is 6.04 Å². The molecule has 30 heavy (non-hydrogen) atoms. The van der Waals surface area contributed by atoms with Gasteiger partial charge in [0.25, 0.3) is 11.5 Å². The third-order valence-electron chi connectivity index (χ3n) is 5.94. The third-order valence-corrected chi connectivity index (χ3v) is 5.94. The van der Waals surface area contributed by atoms with Crippen LogP contribution < -0.4 is 10.9 Å². The minimum atomic E-state index is -0.352. The average molecular weight is 402 g/mol. The Labute approximate surface area is 176 Å². The topological polar surface area (TPSA) is 74.8 Å². The molecule has 4 rings (SSSR count). The van der Waals surface area contributed by atoms with Crippen LogP contribution in [0.2, 0.25) is 0 Å². The van der Waals surface area contributed by atoms with Crippen LogP contribution in [0.3, 0.4) is 0 Å². The number of nitrogens with one attached hydrogen (secondary N) is 2. The minimum Gasteiger partial charge on any atom is -0.344 e. The van der Waals surface area contributed by atoms with E-state index >= 15 is 0 Å². The molecule has 1 saturated carbocycles. The second kappa shape index (κ2) is 7.90. The fourth-order valence-corrected chi connectivity index (χ4v) is 3.73. The number of hydrogen-bond acceptors (Lipinski definition) is 3. The Morgan fingerprint density at radius 2 is 1.73 bits per heavy atom. The van der Waals surface area contributed by atoms with Crippen molar-refractivity contribution in [2.45, 2.75) is 45.1 Å². The number of nitrogens with zero attached hydrogens (tertiary/aromatic N) is 1. The van der Waals surface area contributed by atoms with Gasteiger partial charge in [-0.2, -0.15) is 0 Å². The smallest absolute Gasteiger partial charge is 0.270 e. The molecule has 1 amide bonds. The molecular formula is C25H27N3O2. The van der Waals surface area contributed by atoms with Crippen molar-refractivity contribution in [3.63, 3.8) is 0 Å². The number of carbonyl (C=O) groups is 1. The molecule has 1 atom stereocenters. The number of H-pyrrole nitrogens is 1. The van der Waals surface area contributed by atoms with Crippen molar-refractivity contribution in [1.82, 2.24) is 15.3 Å². The number of carbonyl (C=O) groups excluding carboxylic acids is 1. The van der Waals surface area contributed by atoms with E-state index in [-0.39, 0.29) is 29.1 Å². The zero-order valence-electron chi connectivity index (χ0n) is 17.6. The van der Waals surface area contributed by atoms with Crippen LogP contribution in [0, 0.1) is 5.92 Å². The highest BCUT2D eigenvalue weighted by Gasteiger charge is 2.38. The molecule has 0 saturated heterocycles. The van der Waals surface area contributed by atoms with Crippen molar-refractivity contribution >= 4 is 5.91 Å². The van der Waals surface area contributed by atoms with E-state index in [4.69, 9.17) is 0 Å². The molecule has 2 aromatic carbocycles. The number of amides is 1. The Kier molecular flexibility index (Phi) is 5.29. The van der Waals surface area contributed by atoms with Crippen LogP contribution in [0.4, 0.5) is 0 Å². The summed E-state index contributed by atoms with van der Waals surface area (Å²) in [4.78, 5) is 32.2. The first kappa shape index (κ1) is 20.1. The van der Waals surface area contributed by atoms with Gasteiger partial charge in [0.1, 0.15) is 11.5 Å². The lowest BCUT2D eigenvalue weighted by molar-refractivity contribution is 0.0920. The zero-order valence-corrected chi connectivity index (χ0v) is 17.6. The second-order valence-electron chi connectivity index (χ2n) is 8.72. The van der Waals surface area contributed by atoms with Gasteiger partial charge in [-0.1, -0.05) is 75.4 Å². The monoisotopic (exact) mass is 401 g/mol. The average Bonchev–Trinajstić information content (AvgIpc) is 3.50. The van der Waals surface area contributed by atoms with E-state index in [0.29, 0.717) is 11.2 Å². The van der Waals surface area contributed by atoms with Crippen molar-refractivity contribution in [3.05, 3.63) is 87.8 Å². The first-order valence-electron chi connectivity index (χ1n) is 10.4. The van der Waals surface area contributed by atoms with Crippen LogP contribution in [-0.2, 0) is 5.41 Å². The van der Waals surface area contributed by atoms with Gasteiger partial charge < -0.3 is 10.3 Å². The number of aromatic amines is 1. The number of aromatic nitrogens is 2. The van der Waals surface area contributed by atoms with Gasteiger partial charge in [-0.05, 0) is 35.3 Å². The van der Waals surface area contributed by atoms with E-state index in [0.717, 1.165) is 11.1 Å². The fourth-order valence-electron chi connectivity index (χ4n) is 3.73. The fraction of sp³-hybridized carbons (Fsp3) is 0.320. The Morgan fingerprint density at radius 1 is 1.07 bits per heavy atom. The first-order chi connectivity index (χ1) is 14.4. The van der Waals surface area contributed by atoms with E-state index in [9.17, 15) is 9.59 Å². The van der Waals surface area contributed by atoms with E-state index < -0.39 is 0 Å². The van der Waals surface area contributed by atoms with Gasteiger partial charge >= 0.3 is 0 Å². The summed E-state index contributed by atoms with van der Waals surface area (Å²) in [5.41, 5.74) is 3.25. The predicted octanol–water partition coefficient (Wildman–Crippen LogP) is 4.62. The number of hydrogen-bond donors (Lipinski definition) is 2. The molecule has 0 radical (unpaired) electrons. The van der Waals surface area contributed by atoms with Gasteiger partial charge in [-0.15, -0.1) is 0 Å². The molecule has 1 aliphatic rings. The normalized spacial score (nSPS) is 15.6. The van der Waals surface area contributed by atoms with Crippen molar-refractivity contribution in [2.24, 2.45) is 5.92 Å². The molecule has 5 heteroatoms. The van der Waals surface area contributed by atoms with Crippen LogP contribution in [-0.4, -0.2) is 15.9 Å². The molecule has 2 N–H and O–H groups in total. The highest BCUT2D eigenvalue weighted by Crippen LogP contribution is 2.47. The Balaban J connectivity index is 1.58. The SMILES string of the molecule is CC(C)C(NC(=O)c1cc(=O)[nH]c(-c2ccccc2)n1)c1ccc(C2(C)CC2)cc1. The molecule has 1 heterocycles. The molecule has 1 aromatic heterocycles. The van der Waals surface area contributed by atoms with Crippen molar-refractivity contribution in [3.8, 4) is 11.4 Å². The molecule has 1 fully saturated rings. The standard InChI is InChI=1S/C25H27N3O2/c1-16(2)22(17-9-11-19(12-10-17)25(3)13-14-25)28-24(30)20-15-21(29)27-23(26-20)18-7-5-4-6-8-18/h4-12,15-16,22H,13-14H2,1-3H3,(H,28,30)(H,26,27,29). The predicted molar refractivity (Wildman–Crippen MR) is 118 cm³/mol. The largest absolute Gasteiger partial charge is 0.344 e. The molecule has 5 nitrogen and oxygen atoms in total. The Bertz CT molecular complexity index is 1100. The van der Waals surface area contributed by atoms with Crippen molar-refractivity contribution in [1.29, 1.82) is 0 Å². The van der Waals surface area contributed by atoms with Gasteiger partial charge in [0.2, 0.25) is 0 Å². The Morgan fingerprint density at radius 3 is 2.33 bits per heavy atom. The highest BCUT2D eigenvalue weighted by atomic mass is 16.2. The maximum atomic E-state index is 13.0. The van der Waals surface area contributed by atoms with E-state index in [1.807, 2.05) is 30.3 Å². The quantitative estimate of drug-likeness (QED) is 0.633. The van der Waals surface area contributed by atoms with Gasteiger partial charge in [0, 0.05) is 11.6 Å². The number of benzene rings is 2. The number of rotatable bonds is 6. The van der Waals surface area contributed by atoms with Crippen LogP contribution >= 0.6 is 0 Å². The summed E-state index contributed by atoms with van der Waals surface area (Å²) in [5, 5.41) is 3.07. The van der Waals surface area contributed by atoms with E-state index in [1.165, 1.54) is 24.5 Å². The molecular weight excluding hydrogens is 374 g/mol. The molecule has 1 aliphatic carbocycles. The zero-order chi connectivity index (χ0) is 21.3. The maximum absolute atomic E-state index is 13.0. The lowest BCUT2D eigenvalue weighted by Crippen LogP contribution is -2.33. The molecule has 0 bridgehead atoms. The van der Waals surface area contributed by atoms with Gasteiger partial charge in [-0.3, -0.25) is 9.59 Å². The van der Waals surface area contributed by atoms with E-state index in [1.54, 1.807) is 0 Å². The maximum Gasteiger partial charge on any atom is 0.270 e. The first-order valence-corrected chi connectivity index (χ1v) is 10.4. The van der Waals surface area contributed by atoms with Crippen LogP contribution in [0.25, 0.3) is 11.4 Å². The lowest BCUT2D eigenvalue weighted by Gasteiger charge is -2.23. The van der Waals surface area contributed by atoms with E-state index in [2.05, 4.69) is 60.3 Å². The summed E-state index contributed by atoms with van der Waals surface area (Å²) in [6.07, 6.45) is 2.46. The summed E-state index contributed by atoms with van der Waals surface area (Å²) in [6.45, 7) is 6.43. The van der Waals surface area contributed by atoms with Crippen molar-refractivity contribution in [2.75, 3.05) is 0 Å². The third kappa shape index (κ3) is 4.20. The summed E-state index contributed by atoms with van der Waals surface area (Å²) < 4.78 is 0. The summed E-state index contributed by atoms with van der Waals surface area (Å²) in [5.74, 6) is 0.221. The van der Waals surface area contributed by atoms with Gasteiger partial charge in [-0.25, -0.2) is 4.98 Å². The highest BCUT2D eigenvalue weighted by molar-refractivity contribution is 5.92. The summed E-state index contributed by atoms with van der Waals surface area (Å²) in [6, 6.07) is 18.9. The summed E-state index contributed by atoms with van der Waals surface area (Å²) >= 11 is 0. The van der Waals surface area contributed by atoms with Crippen molar-refractivity contribution < 1.29 is 4.79 Å². The van der Waals surface area contributed by atoms with Gasteiger partial charge in [0.15, 0.2) is 0 Å². The van der Waals surface area contributed by atoms with Crippen LogP contribution in [0.1, 0.15) is 61.3 Å². The van der Waals surface area contributed by atoms with Crippen LogP contribution in [0.15, 0.2) is 65.5 Å². The Hall–Kier alpha value is -3.21. The molecule has 154 valence electrons. The summed E-state index contributed by atoms with van der Waals surface area (Å²) in [7, 11) is 0. The molecule has 1 unspecified atom stereocenters. The second-order valence-corrected chi connectivity index (χ2v) is 8.72. The molecule has 0 aliphatic heterocycles. The molecule has 3 aromatic rings. The minimum absolute atomic E-state index is 0.116. The molecule has 0 spiro atoms. The van der Waals surface area contributed by atoms with Crippen LogP contribution in [0.5, 0.6) is 0 Å².